The minimum absolute atomic E-state index is 0.139. The molecule has 0 saturated heterocycles. The van der Waals surface area contributed by atoms with Gasteiger partial charge in [-0.1, -0.05) is 36.4 Å². The van der Waals surface area contributed by atoms with Gasteiger partial charge in [-0.15, -0.1) is 0 Å². The van der Waals surface area contributed by atoms with Crippen LogP contribution in [0.5, 0.6) is 0 Å². The molecular weight excluding hydrogens is 345 g/mol. The van der Waals surface area contributed by atoms with Crippen LogP contribution in [-0.4, -0.2) is 26.9 Å². The van der Waals surface area contributed by atoms with Gasteiger partial charge in [0, 0.05) is 28.2 Å². The molecule has 1 heterocycles. The number of aliphatic hydroxyl groups is 1. The van der Waals surface area contributed by atoms with E-state index in [0.29, 0.717) is 0 Å². The van der Waals surface area contributed by atoms with E-state index in [-0.39, 0.29) is 18.3 Å². The first-order chi connectivity index (χ1) is 12.9. The molecule has 140 valence electrons. The standard InChI is InChI=1S/C22H22FNO3/c1-14(2)24-19-6-4-3-5-18(19)22(15-7-9-16(23)10-8-15)20(24)12-11-17(25)13-21(26)27/h3-12,14,17,25H,13H2,1-2H3,(H,26,27)/b12-11+/t17-/m1/s1. The number of benzene rings is 2. The van der Waals surface area contributed by atoms with Gasteiger partial charge >= 0.3 is 5.97 Å². The van der Waals surface area contributed by atoms with Crippen molar-refractivity contribution in [2.75, 3.05) is 0 Å². The molecule has 3 aromatic rings. The number of aliphatic hydroxyl groups excluding tert-OH is 1. The lowest BCUT2D eigenvalue weighted by molar-refractivity contribution is -0.138. The number of hydrogen-bond acceptors (Lipinski definition) is 2. The molecule has 3 rings (SSSR count). The van der Waals surface area contributed by atoms with Crippen LogP contribution < -0.4 is 0 Å². The molecule has 0 amide bonds. The number of carbonyl (C=O) groups is 1. The number of hydrogen-bond donors (Lipinski definition) is 2. The van der Waals surface area contributed by atoms with E-state index in [2.05, 4.69) is 18.4 Å². The van der Waals surface area contributed by atoms with Crippen molar-refractivity contribution in [3.63, 3.8) is 0 Å². The summed E-state index contributed by atoms with van der Waals surface area (Å²) in [7, 11) is 0. The Labute approximate surface area is 157 Å². The molecule has 0 aliphatic rings. The van der Waals surface area contributed by atoms with Gasteiger partial charge in [0.2, 0.25) is 0 Å². The van der Waals surface area contributed by atoms with Crippen LogP contribution in [-0.2, 0) is 4.79 Å². The maximum atomic E-state index is 13.4. The molecule has 0 aliphatic carbocycles. The second-order valence-electron chi connectivity index (χ2n) is 6.77. The van der Waals surface area contributed by atoms with Crippen molar-refractivity contribution >= 4 is 22.9 Å². The van der Waals surface area contributed by atoms with E-state index in [1.54, 1.807) is 18.2 Å². The zero-order valence-corrected chi connectivity index (χ0v) is 15.3. The molecule has 0 unspecified atom stereocenters. The van der Waals surface area contributed by atoms with E-state index in [0.717, 1.165) is 27.7 Å². The van der Waals surface area contributed by atoms with Gasteiger partial charge in [-0.25, -0.2) is 4.39 Å². The second kappa shape index (κ2) is 7.76. The minimum Gasteiger partial charge on any atom is -0.481 e. The molecule has 0 bridgehead atoms. The number of fused-ring (bicyclic) bond motifs is 1. The summed E-state index contributed by atoms with van der Waals surface area (Å²) in [6, 6.07) is 14.4. The molecule has 0 fully saturated rings. The third-order valence-corrected chi connectivity index (χ3v) is 4.46. The quantitative estimate of drug-likeness (QED) is 0.653. The number of rotatable bonds is 6. The molecule has 0 radical (unpaired) electrons. The van der Waals surface area contributed by atoms with Crippen molar-refractivity contribution in [3.05, 3.63) is 66.1 Å². The summed E-state index contributed by atoms with van der Waals surface area (Å²) in [4.78, 5) is 10.8. The number of carboxylic acids is 1. The van der Waals surface area contributed by atoms with E-state index in [1.165, 1.54) is 18.2 Å². The van der Waals surface area contributed by atoms with Crippen LogP contribution >= 0.6 is 0 Å². The fourth-order valence-electron chi connectivity index (χ4n) is 3.37. The van der Waals surface area contributed by atoms with Gasteiger partial charge in [0.05, 0.1) is 12.5 Å². The molecule has 1 aromatic heterocycles. The molecule has 0 saturated carbocycles. The van der Waals surface area contributed by atoms with E-state index < -0.39 is 12.1 Å². The first-order valence-corrected chi connectivity index (χ1v) is 8.85. The highest BCUT2D eigenvalue weighted by molar-refractivity contribution is 6.01. The zero-order valence-electron chi connectivity index (χ0n) is 15.3. The molecule has 1 atom stereocenters. The number of nitrogens with zero attached hydrogens (tertiary/aromatic N) is 1. The summed E-state index contributed by atoms with van der Waals surface area (Å²) in [6.45, 7) is 4.12. The van der Waals surface area contributed by atoms with Crippen LogP contribution in [0.4, 0.5) is 4.39 Å². The van der Waals surface area contributed by atoms with Crippen molar-refractivity contribution < 1.29 is 19.4 Å². The van der Waals surface area contributed by atoms with Crippen molar-refractivity contribution in [1.29, 1.82) is 0 Å². The van der Waals surface area contributed by atoms with E-state index in [1.807, 2.05) is 24.3 Å². The summed E-state index contributed by atoms with van der Waals surface area (Å²) in [5.74, 6) is -1.37. The van der Waals surface area contributed by atoms with Crippen molar-refractivity contribution in [2.45, 2.75) is 32.4 Å². The molecule has 2 aromatic carbocycles. The highest BCUT2D eigenvalue weighted by atomic mass is 19.1. The predicted molar refractivity (Wildman–Crippen MR) is 105 cm³/mol. The third kappa shape index (κ3) is 3.93. The largest absolute Gasteiger partial charge is 0.481 e. The van der Waals surface area contributed by atoms with E-state index in [9.17, 15) is 14.3 Å². The first-order valence-electron chi connectivity index (χ1n) is 8.85. The fourth-order valence-corrected chi connectivity index (χ4v) is 3.37. The van der Waals surface area contributed by atoms with Crippen molar-refractivity contribution in [3.8, 4) is 11.1 Å². The van der Waals surface area contributed by atoms with E-state index in [4.69, 9.17) is 5.11 Å². The molecule has 4 nitrogen and oxygen atoms in total. The molecule has 27 heavy (non-hydrogen) atoms. The van der Waals surface area contributed by atoms with Crippen LogP contribution in [0.3, 0.4) is 0 Å². The van der Waals surface area contributed by atoms with Crippen LogP contribution in [0.2, 0.25) is 0 Å². The lowest BCUT2D eigenvalue weighted by Crippen LogP contribution is -2.10. The average molecular weight is 367 g/mol. The number of para-hydroxylation sites is 1. The highest BCUT2D eigenvalue weighted by Crippen LogP contribution is 2.37. The summed E-state index contributed by atoms with van der Waals surface area (Å²) >= 11 is 0. The molecular formula is C22H22FNO3. The minimum atomic E-state index is -1.08. The normalized spacial score (nSPS) is 12.9. The van der Waals surface area contributed by atoms with Gasteiger partial charge in [-0.05, 0) is 43.7 Å². The topological polar surface area (TPSA) is 62.5 Å². The van der Waals surface area contributed by atoms with Crippen LogP contribution in [0.1, 0.15) is 32.0 Å². The Kier molecular flexibility index (Phi) is 5.42. The maximum absolute atomic E-state index is 13.4. The monoisotopic (exact) mass is 367 g/mol. The van der Waals surface area contributed by atoms with Gasteiger partial charge in [0.25, 0.3) is 0 Å². The Bertz CT molecular complexity index is 987. The molecule has 0 aliphatic heterocycles. The fraction of sp³-hybridized carbons (Fsp3) is 0.227. The summed E-state index contributed by atoms with van der Waals surface area (Å²) in [5.41, 5.74) is 3.67. The predicted octanol–water partition coefficient (Wildman–Crippen LogP) is 4.88. The summed E-state index contributed by atoms with van der Waals surface area (Å²) in [5, 5.41) is 19.8. The Balaban J connectivity index is 2.24. The maximum Gasteiger partial charge on any atom is 0.306 e. The van der Waals surface area contributed by atoms with Crippen molar-refractivity contribution in [2.24, 2.45) is 0 Å². The smallest absolute Gasteiger partial charge is 0.306 e. The first kappa shape index (κ1) is 18.9. The number of aromatic nitrogens is 1. The van der Waals surface area contributed by atoms with Crippen LogP contribution in [0.25, 0.3) is 28.1 Å². The van der Waals surface area contributed by atoms with Crippen LogP contribution in [0, 0.1) is 5.82 Å². The lowest BCUT2D eigenvalue weighted by atomic mass is 10.0. The second-order valence-corrected chi connectivity index (χ2v) is 6.77. The number of carboxylic acid groups (broad SMARTS) is 1. The van der Waals surface area contributed by atoms with E-state index >= 15 is 0 Å². The number of halogens is 1. The Hall–Kier alpha value is -2.92. The molecule has 0 spiro atoms. The number of aliphatic carboxylic acids is 1. The van der Waals surface area contributed by atoms with Gasteiger partial charge in [-0.3, -0.25) is 4.79 Å². The SMILES string of the molecule is CC(C)n1c(/C=C/[C@@H](O)CC(=O)O)c(-c2ccc(F)cc2)c2ccccc21. The molecule has 5 heteroatoms. The summed E-state index contributed by atoms with van der Waals surface area (Å²) in [6.07, 6.45) is 1.81. The highest BCUT2D eigenvalue weighted by Gasteiger charge is 2.19. The Morgan fingerprint density at radius 2 is 1.81 bits per heavy atom. The third-order valence-electron chi connectivity index (χ3n) is 4.46. The van der Waals surface area contributed by atoms with Gasteiger partial charge in [0.1, 0.15) is 5.82 Å². The Morgan fingerprint density at radius 1 is 1.15 bits per heavy atom. The zero-order chi connectivity index (χ0) is 19.6. The Morgan fingerprint density at radius 3 is 2.44 bits per heavy atom. The van der Waals surface area contributed by atoms with Gasteiger partial charge < -0.3 is 14.8 Å². The summed E-state index contributed by atoms with van der Waals surface area (Å²) < 4.78 is 15.6. The van der Waals surface area contributed by atoms with Gasteiger partial charge in [-0.2, -0.15) is 0 Å². The van der Waals surface area contributed by atoms with Crippen molar-refractivity contribution in [1.82, 2.24) is 4.57 Å². The molecule has 2 N–H and O–H groups in total. The lowest BCUT2D eigenvalue weighted by Gasteiger charge is -2.14. The van der Waals surface area contributed by atoms with Crippen LogP contribution in [0.15, 0.2) is 54.6 Å². The average Bonchev–Trinajstić information content (AvgIpc) is 2.94. The van der Waals surface area contributed by atoms with Gasteiger partial charge in [0.15, 0.2) is 0 Å².